The minimum atomic E-state index is -0.228. The predicted molar refractivity (Wildman–Crippen MR) is 134 cm³/mol. The van der Waals surface area contributed by atoms with Crippen LogP contribution in [-0.2, 0) is 13.1 Å². The number of aromatic nitrogens is 2. The van der Waals surface area contributed by atoms with Gasteiger partial charge in [0.05, 0.1) is 14.2 Å². The Labute approximate surface area is 204 Å². The number of aryl methyl sites for hydroxylation is 1. The number of methoxy groups -OCH3 is 2. The van der Waals surface area contributed by atoms with E-state index in [1.807, 2.05) is 43.3 Å². The van der Waals surface area contributed by atoms with Crippen molar-refractivity contribution in [2.24, 2.45) is 0 Å². The van der Waals surface area contributed by atoms with Gasteiger partial charge in [-0.25, -0.2) is 0 Å². The van der Waals surface area contributed by atoms with Crippen molar-refractivity contribution in [2.45, 2.75) is 26.9 Å². The average molecular weight is 473 g/mol. The number of ether oxygens (including phenoxy) is 2. The second kappa shape index (κ2) is 10.7. The first-order valence-electron chi connectivity index (χ1n) is 11.2. The molecule has 2 N–H and O–H groups in total. The van der Waals surface area contributed by atoms with Crippen LogP contribution < -0.4 is 20.1 Å². The number of nitrogens with one attached hydrogen (secondary N) is 2. The summed E-state index contributed by atoms with van der Waals surface area (Å²) in [6.07, 6.45) is 0. The van der Waals surface area contributed by atoms with Gasteiger partial charge in [-0.05, 0) is 36.2 Å². The van der Waals surface area contributed by atoms with E-state index >= 15 is 0 Å². The molecule has 0 saturated heterocycles. The fraction of sp³-hybridized carbons (Fsp3) is 0.222. The number of amides is 1. The van der Waals surface area contributed by atoms with Gasteiger partial charge >= 0.3 is 0 Å². The van der Waals surface area contributed by atoms with Crippen LogP contribution in [-0.4, -0.2) is 30.3 Å². The van der Waals surface area contributed by atoms with E-state index in [1.54, 1.807) is 33.3 Å². The molecule has 3 aromatic carbocycles. The highest BCUT2D eigenvalue weighted by atomic mass is 16.5. The van der Waals surface area contributed by atoms with Gasteiger partial charge in [0, 0.05) is 42.4 Å². The van der Waals surface area contributed by atoms with Crippen LogP contribution in [0, 0.1) is 13.8 Å². The molecule has 8 nitrogen and oxygen atoms in total. The van der Waals surface area contributed by atoms with Crippen LogP contribution in [0.25, 0.3) is 11.4 Å². The molecule has 0 aliphatic heterocycles. The number of rotatable bonds is 9. The van der Waals surface area contributed by atoms with Gasteiger partial charge in [0.25, 0.3) is 5.91 Å². The molecule has 4 rings (SSSR count). The molecule has 0 aliphatic rings. The van der Waals surface area contributed by atoms with Crippen LogP contribution in [0.4, 0.5) is 5.69 Å². The Kier molecular flexibility index (Phi) is 7.30. The van der Waals surface area contributed by atoms with Gasteiger partial charge in [-0.3, -0.25) is 4.79 Å². The van der Waals surface area contributed by atoms with Gasteiger partial charge in [-0.1, -0.05) is 47.6 Å². The number of nitrogens with zero attached hydrogens (tertiary/aromatic N) is 2. The van der Waals surface area contributed by atoms with Crippen LogP contribution >= 0.6 is 0 Å². The molecule has 1 amide bonds. The molecule has 0 radical (unpaired) electrons. The minimum absolute atomic E-state index is 0.228. The lowest BCUT2D eigenvalue weighted by Crippen LogP contribution is -2.23. The Morgan fingerprint density at radius 3 is 2.29 bits per heavy atom. The number of hydrogen-bond donors (Lipinski definition) is 2. The van der Waals surface area contributed by atoms with Crippen molar-refractivity contribution in [3.05, 3.63) is 88.8 Å². The lowest BCUT2D eigenvalue weighted by atomic mass is 10.1. The second-order valence-electron chi connectivity index (χ2n) is 8.04. The van der Waals surface area contributed by atoms with Gasteiger partial charge in [-0.15, -0.1) is 0 Å². The normalized spacial score (nSPS) is 10.6. The fourth-order valence-electron chi connectivity index (χ4n) is 3.74. The summed E-state index contributed by atoms with van der Waals surface area (Å²) in [6, 6.07) is 19.3. The molecular formula is C27H28N4O4. The molecule has 8 heteroatoms. The van der Waals surface area contributed by atoms with Gasteiger partial charge in [-0.2, -0.15) is 4.98 Å². The third-order valence-electron chi connectivity index (χ3n) is 5.68. The summed E-state index contributed by atoms with van der Waals surface area (Å²) in [5, 5.41) is 10.5. The lowest BCUT2D eigenvalue weighted by Gasteiger charge is -2.15. The Hall–Kier alpha value is -4.33. The lowest BCUT2D eigenvalue weighted by molar-refractivity contribution is 0.0950. The molecule has 0 bridgehead atoms. The number of hydrogen-bond acceptors (Lipinski definition) is 7. The predicted octanol–water partition coefficient (Wildman–Crippen LogP) is 4.91. The van der Waals surface area contributed by atoms with Crippen LogP contribution in [0.2, 0.25) is 0 Å². The smallest absolute Gasteiger partial charge is 0.251 e. The summed E-state index contributed by atoms with van der Waals surface area (Å²) in [5.74, 6) is 1.98. The first kappa shape index (κ1) is 23.8. The summed E-state index contributed by atoms with van der Waals surface area (Å²) < 4.78 is 15.9. The third kappa shape index (κ3) is 5.60. The van der Waals surface area contributed by atoms with E-state index in [0.717, 1.165) is 27.9 Å². The monoisotopic (exact) mass is 472 g/mol. The van der Waals surface area contributed by atoms with Crippen LogP contribution in [0.5, 0.6) is 11.5 Å². The summed E-state index contributed by atoms with van der Waals surface area (Å²) in [6.45, 7) is 4.59. The van der Waals surface area contributed by atoms with Gasteiger partial charge in [0.1, 0.15) is 11.5 Å². The van der Waals surface area contributed by atoms with E-state index in [-0.39, 0.29) is 5.91 Å². The molecule has 0 spiro atoms. The van der Waals surface area contributed by atoms with E-state index in [9.17, 15) is 4.79 Å². The zero-order valence-corrected chi connectivity index (χ0v) is 20.2. The van der Waals surface area contributed by atoms with Crippen molar-refractivity contribution in [3.8, 4) is 22.9 Å². The molecule has 0 saturated carbocycles. The minimum Gasteiger partial charge on any atom is -0.496 e. The highest BCUT2D eigenvalue weighted by Crippen LogP contribution is 2.30. The molecule has 180 valence electrons. The Morgan fingerprint density at radius 1 is 0.943 bits per heavy atom. The summed E-state index contributed by atoms with van der Waals surface area (Å²) in [4.78, 5) is 17.3. The number of carbonyl (C=O) groups is 1. The van der Waals surface area contributed by atoms with Crippen molar-refractivity contribution >= 4 is 11.6 Å². The molecule has 1 aromatic heterocycles. The average Bonchev–Trinajstić information content (AvgIpc) is 3.33. The Balaban J connectivity index is 1.56. The van der Waals surface area contributed by atoms with Crippen LogP contribution in [0.3, 0.4) is 0 Å². The summed E-state index contributed by atoms with van der Waals surface area (Å²) in [7, 11) is 3.14. The Morgan fingerprint density at radius 2 is 1.66 bits per heavy atom. The van der Waals surface area contributed by atoms with Crippen molar-refractivity contribution in [1.82, 2.24) is 15.5 Å². The quantitative estimate of drug-likeness (QED) is 0.357. The Bertz CT molecular complexity index is 1290. The van der Waals surface area contributed by atoms with E-state index in [4.69, 9.17) is 14.0 Å². The van der Waals surface area contributed by atoms with Gasteiger partial charge < -0.3 is 24.6 Å². The van der Waals surface area contributed by atoms with Crippen molar-refractivity contribution in [1.29, 1.82) is 0 Å². The standard InChI is InChI=1S/C27H28N4O4/c1-17-24(33-3)13-22(14-25(17)34-4)27(32)29-16-21-11-10-20(26-30-18(2)35-31-26)12-23(21)28-15-19-8-6-5-7-9-19/h5-14,28H,15-16H2,1-4H3,(H,29,32). The number of carbonyl (C=O) groups excluding carboxylic acids is 1. The first-order chi connectivity index (χ1) is 17.0. The molecule has 35 heavy (non-hydrogen) atoms. The second-order valence-corrected chi connectivity index (χ2v) is 8.04. The zero-order valence-electron chi connectivity index (χ0n) is 20.2. The fourth-order valence-corrected chi connectivity index (χ4v) is 3.74. The van der Waals surface area contributed by atoms with Crippen molar-refractivity contribution < 1.29 is 18.8 Å². The maximum absolute atomic E-state index is 13.0. The summed E-state index contributed by atoms with van der Waals surface area (Å²) in [5.41, 5.74) is 5.05. The summed E-state index contributed by atoms with van der Waals surface area (Å²) >= 11 is 0. The largest absolute Gasteiger partial charge is 0.496 e. The molecular weight excluding hydrogens is 444 g/mol. The van der Waals surface area contributed by atoms with Crippen LogP contribution in [0.1, 0.15) is 32.9 Å². The molecule has 0 fully saturated rings. The maximum Gasteiger partial charge on any atom is 0.251 e. The zero-order chi connectivity index (χ0) is 24.8. The third-order valence-corrected chi connectivity index (χ3v) is 5.68. The molecule has 1 heterocycles. The van der Waals surface area contributed by atoms with E-state index < -0.39 is 0 Å². The van der Waals surface area contributed by atoms with E-state index in [0.29, 0.717) is 41.9 Å². The SMILES string of the molecule is COc1cc(C(=O)NCc2ccc(-c3noc(C)n3)cc2NCc2ccccc2)cc(OC)c1C. The van der Waals surface area contributed by atoms with E-state index in [2.05, 4.69) is 32.9 Å². The molecule has 4 aromatic rings. The highest BCUT2D eigenvalue weighted by molar-refractivity contribution is 5.95. The highest BCUT2D eigenvalue weighted by Gasteiger charge is 2.15. The van der Waals surface area contributed by atoms with Gasteiger partial charge in [0.15, 0.2) is 0 Å². The molecule has 0 unspecified atom stereocenters. The topological polar surface area (TPSA) is 98.5 Å². The van der Waals surface area contributed by atoms with Gasteiger partial charge in [0.2, 0.25) is 11.7 Å². The van der Waals surface area contributed by atoms with Crippen LogP contribution in [0.15, 0.2) is 65.2 Å². The van der Waals surface area contributed by atoms with Crippen molar-refractivity contribution in [2.75, 3.05) is 19.5 Å². The van der Waals surface area contributed by atoms with E-state index in [1.165, 1.54) is 0 Å². The number of benzene rings is 3. The molecule has 0 aliphatic carbocycles. The van der Waals surface area contributed by atoms with Crippen molar-refractivity contribution in [3.63, 3.8) is 0 Å². The maximum atomic E-state index is 13.0. The first-order valence-corrected chi connectivity index (χ1v) is 11.2. The molecule has 0 atom stereocenters. The number of anilines is 1.